The van der Waals surface area contributed by atoms with Crippen LogP contribution in [0.2, 0.25) is 0 Å². The molecule has 20 heavy (non-hydrogen) atoms. The molecule has 0 bridgehead atoms. The fraction of sp³-hybridized carbons (Fsp3) is 0.188. The van der Waals surface area contributed by atoms with E-state index in [-0.39, 0.29) is 5.78 Å². The molecule has 0 aliphatic carbocycles. The van der Waals surface area contributed by atoms with Crippen LogP contribution < -0.4 is 14.8 Å². The highest BCUT2D eigenvalue weighted by molar-refractivity contribution is 6.02. The van der Waals surface area contributed by atoms with E-state index in [1.54, 1.807) is 26.4 Å². The highest BCUT2D eigenvalue weighted by Crippen LogP contribution is 2.35. The van der Waals surface area contributed by atoms with Gasteiger partial charge in [0.2, 0.25) is 0 Å². The lowest BCUT2D eigenvalue weighted by Gasteiger charge is -2.16. The summed E-state index contributed by atoms with van der Waals surface area (Å²) in [5, 5.41) is 3.22. The van der Waals surface area contributed by atoms with E-state index in [0.717, 1.165) is 5.69 Å². The predicted octanol–water partition coefficient (Wildman–Crippen LogP) is 3.65. The van der Waals surface area contributed by atoms with Crippen molar-refractivity contribution < 1.29 is 14.3 Å². The minimum Gasteiger partial charge on any atom is -0.497 e. The van der Waals surface area contributed by atoms with E-state index >= 15 is 0 Å². The van der Waals surface area contributed by atoms with Crippen LogP contribution in [0.5, 0.6) is 11.5 Å². The zero-order chi connectivity index (χ0) is 14.5. The lowest BCUT2D eigenvalue weighted by Crippen LogP contribution is -2.04. The van der Waals surface area contributed by atoms with Crippen LogP contribution in [0.25, 0.3) is 0 Å². The van der Waals surface area contributed by atoms with Crippen LogP contribution in [0.3, 0.4) is 0 Å². The first kappa shape index (κ1) is 13.9. The average molecular weight is 271 g/mol. The van der Waals surface area contributed by atoms with E-state index in [9.17, 15) is 4.79 Å². The van der Waals surface area contributed by atoms with Crippen LogP contribution in [0.15, 0.2) is 42.5 Å². The number of hydrogen-bond acceptors (Lipinski definition) is 4. The van der Waals surface area contributed by atoms with Crippen molar-refractivity contribution >= 4 is 17.2 Å². The van der Waals surface area contributed by atoms with Gasteiger partial charge in [-0.15, -0.1) is 0 Å². The average Bonchev–Trinajstić information content (AvgIpc) is 2.48. The normalized spacial score (nSPS) is 9.95. The molecule has 0 spiro atoms. The Balaban J connectivity index is 2.51. The fourth-order valence-corrected chi connectivity index (χ4v) is 1.94. The number of methoxy groups -OCH3 is 2. The van der Waals surface area contributed by atoms with Gasteiger partial charge in [0.05, 0.1) is 19.9 Å². The Morgan fingerprint density at radius 2 is 1.75 bits per heavy atom. The Morgan fingerprint density at radius 1 is 1.05 bits per heavy atom. The number of carbonyl (C=O) groups excluding carboxylic acids is 1. The lowest BCUT2D eigenvalue weighted by molar-refractivity contribution is 0.101. The van der Waals surface area contributed by atoms with E-state index in [4.69, 9.17) is 9.47 Å². The molecule has 2 aromatic carbocycles. The van der Waals surface area contributed by atoms with Gasteiger partial charge >= 0.3 is 0 Å². The van der Waals surface area contributed by atoms with Crippen molar-refractivity contribution in [3.05, 3.63) is 48.0 Å². The molecule has 4 nitrogen and oxygen atoms in total. The second-order valence-electron chi connectivity index (χ2n) is 4.30. The molecular formula is C16H17NO3. The summed E-state index contributed by atoms with van der Waals surface area (Å²) in [4.78, 5) is 11.8. The maximum absolute atomic E-state index is 11.8. The number of para-hydroxylation sites is 1. The SMILES string of the molecule is COc1cc(OC)c(Nc2ccccc2)c(C(C)=O)c1. The van der Waals surface area contributed by atoms with E-state index in [2.05, 4.69) is 5.32 Å². The van der Waals surface area contributed by atoms with Gasteiger partial charge in [-0.3, -0.25) is 4.79 Å². The van der Waals surface area contributed by atoms with Crippen LogP contribution in [0, 0.1) is 0 Å². The quantitative estimate of drug-likeness (QED) is 0.843. The molecule has 0 amide bonds. The third-order valence-corrected chi connectivity index (χ3v) is 2.95. The van der Waals surface area contributed by atoms with Crippen molar-refractivity contribution in [2.75, 3.05) is 19.5 Å². The zero-order valence-corrected chi connectivity index (χ0v) is 11.8. The number of ether oxygens (including phenoxy) is 2. The number of anilines is 2. The van der Waals surface area contributed by atoms with Gasteiger partial charge in [-0.2, -0.15) is 0 Å². The monoisotopic (exact) mass is 271 g/mol. The van der Waals surface area contributed by atoms with Gasteiger partial charge in [0.25, 0.3) is 0 Å². The van der Waals surface area contributed by atoms with Crippen molar-refractivity contribution in [2.45, 2.75) is 6.92 Å². The summed E-state index contributed by atoms with van der Waals surface area (Å²) >= 11 is 0. The molecule has 0 saturated carbocycles. The van der Waals surface area contributed by atoms with Gasteiger partial charge in [0, 0.05) is 17.3 Å². The molecule has 0 atom stereocenters. The molecule has 104 valence electrons. The molecule has 2 rings (SSSR count). The molecule has 0 fully saturated rings. The van der Waals surface area contributed by atoms with Gasteiger partial charge in [0.15, 0.2) is 5.78 Å². The molecule has 0 aliphatic rings. The van der Waals surface area contributed by atoms with Crippen LogP contribution in [-0.2, 0) is 0 Å². The Morgan fingerprint density at radius 3 is 2.30 bits per heavy atom. The summed E-state index contributed by atoms with van der Waals surface area (Å²) < 4.78 is 10.5. The summed E-state index contributed by atoms with van der Waals surface area (Å²) in [5.74, 6) is 1.10. The number of carbonyl (C=O) groups is 1. The topological polar surface area (TPSA) is 47.6 Å². The van der Waals surface area contributed by atoms with E-state index in [0.29, 0.717) is 22.7 Å². The van der Waals surface area contributed by atoms with Crippen molar-refractivity contribution in [1.82, 2.24) is 0 Å². The Hall–Kier alpha value is -2.49. The lowest BCUT2D eigenvalue weighted by atomic mass is 10.1. The van der Waals surface area contributed by atoms with E-state index in [1.807, 2.05) is 30.3 Å². The molecule has 0 aliphatic heterocycles. The summed E-state index contributed by atoms with van der Waals surface area (Å²) in [5.41, 5.74) is 2.07. The second kappa shape index (κ2) is 6.10. The number of rotatable bonds is 5. The number of hydrogen-bond donors (Lipinski definition) is 1. The molecule has 0 unspecified atom stereocenters. The number of nitrogens with one attached hydrogen (secondary N) is 1. The highest BCUT2D eigenvalue weighted by Gasteiger charge is 2.15. The van der Waals surface area contributed by atoms with Crippen LogP contribution in [0.4, 0.5) is 11.4 Å². The Kier molecular flexibility index (Phi) is 4.25. The first-order valence-corrected chi connectivity index (χ1v) is 6.24. The Labute approximate surface area is 118 Å². The summed E-state index contributed by atoms with van der Waals surface area (Å²) in [6.07, 6.45) is 0. The molecule has 1 N–H and O–H groups in total. The van der Waals surface area contributed by atoms with Crippen molar-refractivity contribution in [3.8, 4) is 11.5 Å². The third-order valence-electron chi connectivity index (χ3n) is 2.95. The number of benzene rings is 2. The molecule has 0 radical (unpaired) electrons. The number of ketones is 1. The minimum atomic E-state index is -0.0550. The standard InChI is InChI=1S/C16H17NO3/c1-11(18)14-9-13(19-2)10-15(20-3)16(14)17-12-7-5-4-6-8-12/h4-10,17H,1-3H3. The van der Waals surface area contributed by atoms with E-state index < -0.39 is 0 Å². The highest BCUT2D eigenvalue weighted by atomic mass is 16.5. The molecule has 0 saturated heterocycles. The summed E-state index contributed by atoms with van der Waals surface area (Å²) in [6.45, 7) is 1.52. The Bertz CT molecular complexity index is 609. The summed E-state index contributed by atoms with van der Waals surface area (Å²) in [7, 11) is 3.12. The van der Waals surface area contributed by atoms with Crippen LogP contribution >= 0.6 is 0 Å². The predicted molar refractivity (Wildman–Crippen MR) is 79.3 cm³/mol. The van der Waals surface area contributed by atoms with Gasteiger partial charge in [0.1, 0.15) is 11.5 Å². The maximum Gasteiger partial charge on any atom is 0.162 e. The van der Waals surface area contributed by atoms with Gasteiger partial charge < -0.3 is 14.8 Å². The molecule has 2 aromatic rings. The van der Waals surface area contributed by atoms with Crippen molar-refractivity contribution in [1.29, 1.82) is 0 Å². The van der Waals surface area contributed by atoms with Crippen molar-refractivity contribution in [2.24, 2.45) is 0 Å². The molecule has 4 heteroatoms. The van der Waals surface area contributed by atoms with Gasteiger partial charge in [-0.25, -0.2) is 0 Å². The zero-order valence-electron chi connectivity index (χ0n) is 11.8. The van der Waals surface area contributed by atoms with Gasteiger partial charge in [-0.1, -0.05) is 18.2 Å². The first-order valence-electron chi connectivity index (χ1n) is 6.24. The largest absolute Gasteiger partial charge is 0.497 e. The van der Waals surface area contributed by atoms with Crippen LogP contribution in [0.1, 0.15) is 17.3 Å². The third kappa shape index (κ3) is 2.91. The molecule has 0 aromatic heterocycles. The first-order chi connectivity index (χ1) is 9.65. The maximum atomic E-state index is 11.8. The van der Waals surface area contributed by atoms with E-state index in [1.165, 1.54) is 6.92 Å². The minimum absolute atomic E-state index is 0.0550. The number of Topliss-reactive ketones (excluding diaryl/α,β-unsaturated/α-hetero) is 1. The van der Waals surface area contributed by atoms with Crippen molar-refractivity contribution in [3.63, 3.8) is 0 Å². The van der Waals surface area contributed by atoms with Gasteiger partial charge in [-0.05, 0) is 25.1 Å². The smallest absolute Gasteiger partial charge is 0.162 e. The fourth-order valence-electron chi connectivity index (χ4n) is 1.94. The van der Waals surface area contributed by atoms with Crippen LogP contribution in [-0.4, -0.2) is 20.0 Å². The molecule has 0 heterocycles. The summed E-state index contributed by atoms with van der Waals surface area (Å²) in [6, 6.07) is 13.1. The molecular weight excluding hydrogens is 254 g/mol. The second-order valence-corrected chi connectivity index (χ2v) is 4.30.